The standard InChI is InChI=1S/C5H10FNO/c1-5(6)3-8-2-4(5)7/h4H,2-3,7H2,1H3. The Morgan fingerprint density at radius 2 is 2.50 bits per heavy atom. The molecule has 0 saturated carbocycles. The van der Waals surface area contributed by atoms with Crippen LogP contribution in [-0.4, -0.2) is 24.9 Å². The molecule has 0 spiro atoms. The molecule has 3 heteroatoms. The Labute approximate surface area is 47.8 Å². The molecule has 2 nitrogen and oxygen atoms in total. The van der Waals surface area contributed by atoms with Gasteiger partial charge in [-0.05, 0) is 6.92 Å². The Bertz CT molecular complexity index is 94.4. The molecule has 1 saturated heterocycles. The van der Waals surface area contributed by atoms with Crippen molar-refractivity contribution >= 4 is 0 Å². The number of hydrogen-bond acceptors (Lipinski definition) is 2. The van der Waals surface area contributed by atoms with Crippen LogP contribution in [0, 0.1) is 0 Å². The highest BCUT2D eigenvalue weighted by molar-refractivity contribution is 4.90. The van der Waals surface area contributed by atoms with Gasteiger partial charge in [-0.15, -0.1) is 0 Å². The van der Waals surface area contributed by atoms with Gasteiger partial charge < -0.3 is 10.5 Å². The van der Waals surface area contributed by atoms with Crippen molar-refractivity contribution in [3.63, 3.8) is 0 Å². The molecule has 1 rings (SSSR count). The second kappa shape index (κ2) is 1.67. The Hall–Kier alpha value is -0.150. The minimum Gasteiger partial charge on any atom is -0.376 e. The lowest BCUT2D eigenvalue weighted by Gasteiger charge is -2.14. The fourth-order valence-corrected chi connectivity index (χ4v) is 0.666. The van der Waals surface area contributed by atoms with E-state index in [2.05, 4.69) is 0 Å². The van der Waals surface area contributed by atoms with E-state index >= 15 is 0 Å². The summed E-state index contributed by atoms with van der Waals surface area (Å²) in [6.45, 7) is 1.96. The number of hydrogen-bond donors (Lipinski definition) is 1. The van der Waals surface area contributed by atoms with E-state index in [1.165, 1.54) is 6.92 Å². The fourth-order valence-electron chi connectivity index (χ4n) is 0.666. The molecule has 0 aromatic rings. The zero-order valence-electron chi connectivity index (χ0n) is 4.86. The summed E-state index contributed by atoms with van der Waals surface area (Å²) < 4.78 is 17.5. The van der Waals surface area contributed by atoms with Crippen LogP contribution >= 0.6 is 0 Å². The van der Waals surface area contributed by atoms with Gasteiger partial charge in [0.25, 0.3) is 0 Å². The van der Waals surface area contributed by atoms with Crippen LogP contribution in [0.2, 0.25) is 0 Å². The minimum atomic E-state index is -1.29. The van der Waals surface area contributed by atoms with E-state index in [-0.39, 0.29) is 6.61 Å². The first-order valence-corrected chi connectivity index (χ1v) is 2.65. The predicted octanol–water partition coefficient (Wildman–Crippen LogP) is 0.0721. The molecule has 2 atom stereocenters. The van der Waals surface area contributed by atoms with Gasteiger partial charge in [0.05, 0.1) is 19.3 Å². The van der Waals surface area contributed by atoms with Crippen LogP contribution in [0.25, 0.3) is 0 Å². The average molecular weight is 119 g/mol. The van der Waals surface area contributed by atoms with Crippen LogP contribution in [0.15, 0.2) is 0 Å². The Morgan fingerprint density at radius 1 is 1.88 bits per heavy atom. The van der Waals surface area contributed by atoms with Crippen molar-refractivity contribution in [2.24, 2.45) is 5.73 Å². The summed E-state index contributed by atoms with van der Waals surface area (Å²) in [5.41, 5.74) is 4.02. The summed E-state index contributed by atoms with van der Waals surface area (Å²) in [5.74, 6) is 0. The number of rotatable bonds is 0. The quantitative estimate of drug-likeness (QED) is 0.490. The molecule has 1 heterocycles. The van der Waals surface area contributed by atoms with Crippen molar-refractivity contribution in [3.05, 3.63) is 0 Å². The summed E-state index contributed by atoms with van der Waals surface area (Å²) in [4.78, 5) is 0. The van der Waals surface area contributed by atoms with E-state index < -0.39 is 11.7 Å². The SMILES string of the molecule is CC1(F)COCC1N. The maximum absolute atomic E-state index is 12.8. The number of halogens is 1. The smallest absolute Gasteiger partial charge is 0.148 e. The Morgan fingerprint density at radius 3 is 2.62 bits per heavy atom. The molecule has 0 amide bonds. The third-order valence-corrected chi connectivity index (χ3v) is 1.45. The summed E-state index contributed by atoms with van der Waals surface area (Å²) >= 11 is 0. The Kier molecular flexibility index (Phi) is 1.25. The maximum atomic E-state index is 12.8. The van der Waals surface area contributed by atoms with Gasteiger partial charge in [0.1, 0.15) is 5.67 Å². The van der Waals surface area contributed by atoms with Gasteiger partial charge in [-0.1, -0.05) is 0 Å². The van der Waals surface area contributed by atoms with Crippen molar-refractivity contribution in [1.29, 1.82) is 0 Å². The van der Waals surface area contributed by atoms with Crippen LogP contribution in [0.4, 0.5) is 4.39 Å². The lowest BCUT2D eigenvalue weighted by molar-refractivity contribution is 0.123. The van der Waals surface area contributed by atoms with Crippen molar-refractivity contribution in [1.82, 2.24) is 0 Å². The molecule has 0 aromatic heterocycles. The van der Waals surface area contributed by atoms with Gasteiger partial charge in [-0.25, -0.2) is 4.39 Å². The van der Waals surface area contributed by atoms with Gasteiger partial charge in [-0.2, -0.15) is 0 Å². The van der Waals surface area contributed by atoms with Gasteiger partial charge in [0.2, 0.25) is 0 Å². The monoisotopic (exact) mass is 119 g/mol. The zero-order chi connectivity index (χ0) is 6.20. The van der Waals surface area contributed by atoms with Crippen molar-refractivity contribution < 1.29 is 9.13 Å². The third kappa shape index (κ3) is 0.833. The van der Waals surface area contributed by atoms with E-state index in [1.807, 2.05) is 0 Å². The molecule has 8 heavy (non-hydrogen) atoms. The van der Waals surface area contributed by atoms with Gasteiger partial charge in [0.15, 0.2) is 0 Å². The predicted molar refractivity (Wildman–Crippen MR) is 28.3 cm³/mol. The van der Waals surface area contributed by atoms with Crippen molar-refractivity contribution in [2.75, 3.05) is 13.2 Å². The second-order valence-electron chi connectivity index (χ2n) is 2.40. The maximum Gasteiger partial charge on any atom is 0.148 e. The van der Waals surface area contributed by atoms with E-state index in [4.69, 9.17) is 10.5 Å². The Balaban J connectivity index is 2.54. The molecule has 0 radical (unpaired) electrons. The highest BCUT2D eigenvalue weighted by atomic mass is 19.1. The lowest BCUT2D eigenvalue weighted by atomic mass is 10.0. The lowest BCUT2D eigenvalue weighted by Crippen LogP contribution is -2.40. The zero-order valence-corrected chi connectivity index (χ0v) is 4.86. The van der Waals surface area contributed by atoms with Crippen LogP contribution in [0.5, 0.6) is 0 Å². The molecule has 1 aliphatic rings. The summed E-state index contributed by atoms with van der Waals surface area (Å²) in [7, 11) is 0. The highest BCUT2D eigenvalue weighted by Crippen LogP contribution is 2.20. The molecule has 2 N–H and O–H groups in total. The third-order valence-electron chi connectivity index (χ3n) is 1.45. The summed E-state index contributed by atoms with van der Waals surface area (Å²) in [5, 5.41) is 0. The van der Waals surface area contributed by atoms with Crippen molar-refractivity contribution in [3.8, 4) is 0 Å². The number of nitrogens with two attached hydrogens (primary N) is 1. The van der Waals surface area contributed by atoms with Gasteiger partial charge in [0, 0.05) is 0 Å². The molecule has 1 fully saturated rings. The van der Waals surface area contributed by atoms with E-state index in [9.17, 15) is 4.39 Å². The average Bonchev–Trinajstić information content (AvgIpc) is 1.86. The summed E-state index contributed by atoms with van der Waals surface area (Å²) in [6, 6.07) is -0.428. The number of ether oxygens (including phenoxy) is 1. The first-order chi connectivity index (χ1) is 3.63. The first-order valence-electron chi connectivity index (χ1n) is 2.65. The van der Waals surface area contributed by atoms with E-state index in [1.54, 1.807) is 0 Å². The molecular formula is C5H10FNO. The molecular weight excluding hydrogens is 109 g/mol. The van der Waals surface area contributed by atoms with E-state index in [0.29, 0.717) is 6.61 Å². The molecule has 48 valence electrons. The first kappa shape index (κ1) is 5.98. The minimum absolute atomic E-state index is 0.147. The largest absolute Gasteiger partial charge is 0.376 e. The van der Waals surface area contributed by atoms with E-state index in [0.717, 1.165) is 0 Å². The van der Waals surface area contributed by atoms with Crippen LogP contribution in [0.3, 0.4) is 0 Å². The molecule has 2 unspecified atom stereocenters. The van der Waals surface area contributed by atoms with Gasteiger partial charge in [-0.3, -0.25) is 0 Å². The number of alkyl halides is 1. The topological polar surface area (TPSA) is 35.2 Å². The van der Waals surface area contributed by atoms with Gasteiger partial charge >= 0.3 is 0 Å². The molecule has 0 aliphatic carbocycles. The fraction of sp³-hybridized carbons (Fsp3) is 1.00. The van der Waals surface area contributed by atoms with Crippen LogP contribution in [-0.2, 0) is 4.74 Å². The summed E-state index contributed by atoms with van der Waals surface area (Å²) in [6.07, 6.45) is 0. The highest BCUT2D eigenvalue weighted by Gasteiger charge is 2.37. The molecule has 1 aliphatic heterocycles. The molecule has 0 bridgehead atoms. The molecule has 0 aromatic carbocycles. The second-order valence-corrected chi connectivity index (χ2v) is 2.40. The normalized spacial score (nSPS) is 47.6. The van der Waals surface area contributed by atoms with Crippen LogP contribution in [0.1, 0.15) is 6.92 Å². The van der Waals surface area contributed by atoms with Crippen molar-refractivity contribution in [2.45, 2.75) is 18.6 Å². The van der Waals surface area contributed by atoms with Crippen LogP contribution < -0.4 is 5.73 Å².